The number of aromatic nitrogens is 4. The van der Waals surface area contributed by atoms with Crippen LogP contribution in [-0.4, -0.2) is 37.6 Å². The third-order valence-electron chi connectivity index (χ3n) is 4.77. The maximum absolute atomic E-state index is 5.46. The van der Waals surface area contributed by atoms with Crippen LogP contribution in [0.5, 0.6) is 0 Å². The first-order valence-corrected chi connectivity index (χ1v) is 8.73. The molecule has 3 heterocycles. The SMILES string of the molecule is CC1CCCCN1Cc1nc(-c2ccc(-c3ccncn3)cc2)no1. The van der Waals surface area contributed by atoms with E-state index in [4.69, 9.17) is 4.52 Å². The molecule has 0 amide bonds. The average Bonchev–Trinajstić information content (AvgIpc) is 3.13. The van der Waals surface area contributed by atoms with E-state index < -0.39 is 0 Å². The topological polar surface area (TPSA) is 67.9 Å². The van der Waals surface area contributed by atoms with Crippen molar-refractivity contribution in [3.8, 4) is 22.6 Å². The van der Waals surface area contributed by atoms with E-state index >= 15 is 0 Å². The zero-order valence-corrected chi connectivity index (χ0v) is 14.3. The van der Waals surface area contributed by atoms with E-state index in [9.17, 15) is 0 Å². The molecule has 4 rings (SSSR count). The van der Waals surface area contributed by atoms with Gasteiger partial charge in [-0.1, -0.05) is 35.8 Å². The van der Waals surface area contributed by atoms with Crippen molar-refractivity contribution in [2.75, 3.05) is 6.54 Å². The molecule has 1 saturated heterocycles. The molecule has 2 aromatic heterocycles. The molecule has 0 saturated carbocycles. The minimum atomic E-state index is 0.580. The summed E-state index contributed by atoms with van der Waals surface area (Å²) in [6.45, 7) is 4.10. The Morgan fingerprint density at radius 3 is 2.72 bits per heavy atom. The van der Waals surface area contributed by atoms with Crippen molar-refractivity contribution in [2.24, 2.45) is 0 Å². The van der Waals surface area contributed by atoms with E-state index in [2.05, 4.69) is 31.9 Å². The lowest BCUT2D eigenvalue weighted by Crippen LogP contribution is -2.36. The summed E-state index contributed by atoms with van der Waals surface area (Å²) in [4.78, 5) is 15.2. The Morgan fingerprint density at radius 2 is 1.96 bits per heavy atom. The van der Waals surface area contributed by atoms with Crippen LogP contribution in [-0.2, 0) is 6.54 Å². The molecule has 0 spiro atoms. The van der Waals surface area contributed by atoms with Crippen molar-refractivity contribution in [3.05, 3.63) is 48.7 Å². The highest BCUT2D eigenvalue weighted by Crippen LogP contribution is 2.23. The van der Waals surface area contributed by atoms with Crippen LogP contribution in [0.3, 0.4) is 0 Å². The van der Waals surface area contributed by atoms with Gasteiger partial charge >= 0.3 is 0 Å². The number of benzene rings is 1. The molecule has 3 aromatic rings. The number of nitrogens with zero attached hydrogens (tertiary/aromatic N) is 5. The van der Waals surface area contributed by atoms with E-state index in [1.165, 1.54) is 19.3 Å². The fourth-order valence-electron chi connectivity index (χ4n) is 3.25. The van der Waals surface area contributed by atoms with Crippen LogP contribution >= 0.6 is 0 Å². The van der Waals surface area contributed by atoms with Gasteiger partial charge in [-0.25, -0.2) is 9.97 Å². The van der Waals surface area contributed by atoms with Gasteiger partial charge in [0.15, 0.2) is 0 Å². The van der Waals surface area contributed by atoms with Crippen molar-refractivity contribution in [1.29, 1.82) is 0 Å². The van der Waals surface area contributed by atoms with Crippen molar-refractivity contribution in [1.82, 2.24) is 25.0 Å². The largest absolute Gasteiger partial charge is 0.338 e. The maximum Gasteiger partial charge on any atom is 0.241 e. The quantitative estimate of drug-likeness (QED) is 0.726. The van der Waals surface area contributed by atoms with E-state index in [1.54, 1.807) is 12.5 Å². The van der Waals surface area contributed by atoms with Gasteiger partial charge in [0, 0.05) is 23.4 Å². The second kappa shape index (κ2) is 7.11. The molecular formula is C19H21N5O. The highest BCUT2D eigenvalue weighted by Gasteiger charge is 2.21. The number of piperidine rings is 1. The van der Waals surface area contributed by atoms with Gasteiger partial charge in [0.2, 0.25) is 11.7 Å². The Hall–Kier alpha value is -2.60. The van der Waals surface area contributed by atoms with Gasteiger partial charge in [-0.3, -0.25) is 4.90 Å². The molecule has 1 aliphatic heterocycles. The predicted molar refractivity (Wildman–Crippen MR) is 94.5 cm³/mol. The standard InChI is InChI=1S/C19H21N5O/c1-14-4-2-3-11-24(14)12-18-22-19(23-25-18)16-7-5-15(6-8-16)17-9-10-20-13-21-17/h5-10,13-14H,2-4,11-12H2,1H3. The summed E-state index contributed by atoms with van der Waals surface area (Å²) in [6.07, 6.45) is 7.09. The fourth-order valence-corrected chi connectivity index (χ4v) is 3.25. The first-order valence-electron chi connectivity index (χ1n) is 8.73. The van der Waals surface area contributed by atoms with Crippen LogP contribution in [0.1, 0.15) is 32.1 Å². The van der Waals surface area contributed by atoms with Gasteiger partial charge in [-0.15, -0.1) is 0 Å². The number of hydrogen-bond donors (Lipinski definition) is 0. The number of rotatable bonds is 4. The zero-order chi connectivity index (χ0) is 17.1. The molecule has 6 heteroatoms. The highest BCUT2D eigenvalue weighted by atomic mass is 16.5. The molecule has 6 nitrogen and oxygen atoms in total. The van der Waals surface area contributed by atoms with Crippen molar-refractivity contribution in [3.63, 3.8) is 0 Å². The number of likely N-dealkylation sites (tertiary alicyclic amines) is 1. The van der Waals surface area contributed by atoms with Gasteiger partial charge < -0.3 is 4.52 Å². The van der Waals surface area contributed by atoms with Crippen LogP contribution in [0.2, 0.25) is 0 Å². The summed E-state index contributed by atoms with van der Waals surface area (Å²) in [5.74, 6) is 1.32. The molecule has 1 unspecified atom stereocenters. The molecule has 0 radical (unpaired) electrons. The Bertz CT molecular complexity index is 815. The third-order valence-corrected chi connectivity index (χ3v) is 4.77. The van der Waals surface area contributed by atoms with Crippen molar-refractivity contribution in [2.45, 2.75) is 38.8 Å². The Labute approximate surface area is 146 Å². The molecule has 1 atom stereocenters. The van der Waals surface area contributed by atoms with Gasteiger partial charge in [0.05, 0.1) is 12.2 Å². The summed E-state index contributed by atoms with van der Waals surface area (Å²) in [7, 11) is 0. The maximum atomic E-state index is 5.46. The average molecular weight is 335 g/mol. The fraction of sp³-hybridized carbons (Fsp3) is 0.368. The van der Waals surface area contributed by atoms with Crippen molar-refractivity contribution < 1.29 is 4.52 Å². The van der Waals surface area contributed by atoms with Gasteiger partial charge in [0.25, 0.3) is 0 Å². The van der Waals surface area contributed by atoms with E-state index in [1.807, 2.05) is 30.3 Å². The molecular weight excluding hydrogens is 314 g/mol. The second-order valence-electron chi connectivity index (χ2n) is 6.50. The van der Waals surface area contributed by atoms with E-state index in [0.29, 0.717) is 17.8 Å². The van der Waals surface area contributed by atoms with Gasteiger partial charge in [-0.2, -0.15) is 4.98 Å². The molecule has 0 bridgehead atoms. The summed E-state index contributed by atoms with van der Waals surface area (Å²) in [5.41, 5.74) is 2.88. The van der Waals surface area contributed by atoms with Crippen LogP contribution in [0.25, 0.3) is 22.6 Å². The monoisotopic (exact) mass is 335 g/mol. The van der Waals surface area contributed by atoms with Crippen LogP contribution in [0.4, 0.5) is 0 Å². The molecule has 1 fully saturated rings. The second-order valence-corrected chi connectivity index (χ2v) is 6.50. The van der Waals surface area contributed by atoms with Crippen LogP contribution in [0, 0.1) is 0 Å². The molecule has 1 aromatic carbocycles. The highest BCUT2D eigenvalue weighted by molar-refractivity contribution is 5.64. The molecule has 128 valence electrons. The predicted octanol–water partition coefficient (Wildman–Crippen LogP) is 3.57. The van der Waals surface area contributed by atoms with Crippen LogP contribution < -0.4 is 0 Å². The lowest BCUT2D eigenvalue weighted by molar-refractivity contribution is 0.135. The summed E-state index contributed by atoms with van der Waals surface area (Å²) in [5, 5.41) is 4.14. The van der Waals surface area contributed by atoms with Gasteiger partial charge in [-0.05, 0) is 32.4 Å². The van der Waals surface area contributed by atoms with Crippen LogP contribution in [0.15, 0.2) is 47.4 Å². The number of hydrogen-bond acceptors (Lipinski definition) is 6. The molecule has 0 aliphatic carbocycles. The first kappa shape index (κ1) is 15.9. The Balaban J connectivity index is 1.48. The third kappa shape index (κ3) is 3.58. The smallest absolute Gasteiger partial charge is 0.241 e. The molecule has 1 aliphatic rings. The zero-order valence-electron chi connectivity index (χ0n) is 14.3. The molecule has 25 heavy (non-hydrogen) atoms. The van der Waals surface area contributed by atoms with Gasteiger partial charge in [0.1, 0.15) is 6.33 Å². The lowest BCUT2D eigenvalue weighted by atomic mass is 10.0. The summed E-state index contributed by atoms with van der Waals surface area (Å²) in [6, 6.07) is 10.5. The van der Waals surface area contributed by atoms with E-state index in [-0.39, 0.29) is 0 Å². The Morgan fingerprint density at radius 1 is 1.12 bits per heavy atom. The first-order chi connectivity index (χ1) is 12.3. The van der Waals surface area contributed by atoms with E-state index in [0.717, 1.165) is 29.9 Å². The minimum absolute atomic E-state index is 0.580. The molecule has 0 N–H and O–H groups in total. The summed E-state index contributed by atoms with van der Waals surface area (Å²) >= 11 is 0. The summed E-state index contributed by atoms with van der Waals surface area (Å²) < 4.78 is 5.46. The Kier molecular flexibility index (Phi) is 4.52. The minimum Gasteiger partial charge on any atom is -0.338 e. The normalized spacial score (nSPS) is 18.4. The van der Waals surface area contributed by atoms with Crippen molar-refractivity contribution >= 4 is 0 Å². The lowest BCUT2D eigenvalue weighted by Gasteiger charge is -2.31.